The van der Waals surface area contributed by atoms with E-state index < -0.39 is 0 Å². The van der Waals surface area contributed by atoms with Crippen LogP contribution in [0.2, 0.25) is 0 Å². The summed E-state index contributed by atoms with van der Waals surface area (Å²) in [6.07, 6.45) is 2.36. The molecule has 0 spiro atoms. The van der Waals surface area contributed by atoms with Gasteiger partial charge in [-0.25, -0.2) is 0 Å². The van der Waals surface area contributed by atoms with Crippen LogP contribution >= 0.6 is 0 Å². The van der Waals surface area contributed by atoms with Crippen LogP contribution in [0.4, 0.5) is 5.69 Å². The number of anilines is 1. The fraction of sp³-hybridized carbons (Fsp3) is 0.214. The van der Waals surface area contributed by atoms with Crippen LogP contribution in [0.3, 0.4) is 0 Å². The molecule has 0 radical (unpaired) electrons. The third-order valence-electron chi connectivity index (χ3n) is 3.39. The molecule has 2 heterocycles. The molecule has 0 bridgehead atoms. The fourth-order valence-electron chi connectivity index (χ4n) is 2.39. The van der Waals surface area contributed by atoms with Gasteiger partial charge < -0.3 is 5.73 Å². The third kappa shape index (κ3) is 1.85. The smallest absolute Gasteiger partial charge is 0.263 e. The van der Waals surface area contributed by atoms with Gasteiger partial charge in [-0.1, -0.05) is 6.07 Å². The van der Waals surface area contributed by atoms with E-state index in [2.05, 4.69) is 5.10 Å². The zero-order valence-corrected chi connectivity index (χ0v) is 11.0. The molecule has 0 unspecified atom stereocenters. The summed E-state index contributed by atoms with van der Waals surface area (Å²) in [6.45, 7) is 0.308. The number of carbonyl (C=O) groups is 2. The van der Waals surface area contributed by atoms with Crippen LogP contribution in [0.5, 0.6) is 0 Å². The largest absolute Gasteiger partial charge is 0.398 e. The van der Waals surface area contributed by atoms with E-state index in [1.165, 1.54) is 4.90 Å². The van der Waals surface area contributed by atoms with Crippen molar-refractivity contribution >= 4 is 17.5 Å². The first-order chi connectivity index (χ1) is 9.58. The van der Waals surface area contributed by atoms with E-state index in [1.807, 2.05) is 19.3 Å². The van der Waals surface area contributed by atoms with Gasteiger partial charge in [0.05, 0.1) is 16.8 Å². The molecule has 1 aliphatic heterocycles. The van der Waals surface area contributed by atoms with Gasteiger partial charge in [0.25, 0.3) is 11.8 Å². The molecule has 1 aromatic heterocycles. The number of amides is 2. The molecule has 0 atom stereocenters. The Balaban J connectivity index is 1.81. The normalized spacial score (nSPS) is 13.9. The lowest BCUT2D eigenvalue weighted by Crippen LogP contribution is -2.32. The van der Waals surface area contributed by atoms with Gasteiger partial charge in [-0.05, 0) is 18.2 Å². The highest BCUT2D eigenvalue weighted by Gasteiger charge is 2.36. The maximum atomic E-state index is 12.3. The van der Waals surface area contributed by atoms with Gasteiger partial charge in [0.2, 0.25) is 0 Å². The monoisotopic (exact) mass is 270 g/mol. The first-order valence-electron chi connectivity index (χ1n) is 6.31. The van der Waals surface area contributed by atoms with E-state index in [4.69, 9.17) is 5.73 Å². The highest BCUT2D eigenvalue weighted by atomic mass is 16.2. The Kier molecular flexibility index (Phi) is 2.78. The van der Waals surface area contributed by atoms with Crippen molar-refractivity contribution in [3.8, 4) is 0 Å². The Bertz CT molecular complexity index is 705. The van der Waals surface area contributed by atoms with Gasteiger partial charge in [-0.2, -0.15) is 5.10 Å². The molecule has 2 aromatic rings. The maximum Gasteiger partial charge on any atom is 0.263 e. The molecule has 3 rings (SSSR count). The minimum atomic E-state index is -0.320. The van der Waals surface area contributed by atoms with Crippen molar-refractivity contribution in [1.29, 1.82) is 0 Å². The van der Waals surface area contributed by atoms with Gasteiger partial charge in [-0.3, -0.25) is 19.2 Å². The topological polar surface area (TPSA) is 81.2 Å². The number of carbonyl (C=O) groups excluding carboxylic acids is 2. The van der Waals surface area contributed by atoms with Crippen LogP contribution in [-0.4, -0.2) is 33.0 Å². The van der Waals surface area contributed by atoms with E-state index in [0.29, 0.717) is 29.8 Å². The molecule has 1 aliphatic rings. The molecule has 6 heteroatoms. The summed E-state index contributed by atoms with van der Waals surface area (Å²) in [6, 6.07) is 6.81. The second-order valence-corrected chi connectivity index (χ2v) is 4.76. The molecule has 0 saturated heterocycles. The molecule has 0 saturated carbocycles. The van der Waals surface area contributed by atoms with Crippen LogP contribution in [0.15, 0.2) is 30.5 Å². The number of aryl methyl sites for hydroxylation is 1. The Hall–Kier alpha value is -2.63. The lowest BCUT2D eigenvalue weighted by Gasteiger charge is -2.12. The van der Waals surface area contributed by atoms with Crippen molar-refractivity contribution in [2.45, 2.75) is 6.42 Å². The Morgan fingerprint density at radius 2 is 2.00 bits per heavy atom. The highest BCUT2D eigenvalue weighted by molar-refractivity contribution is 6.23. The number of fused-ring (bicyclic) bond motifs is 1. The Labute approximate surface area is 115 Å². The number of hydrogen-bond donors (Lipinski definition) is 1. The summed E-state index contributed by atoms with van der Waals surface area (Å²) < 4.78 is 1.69. The number of hydrogen-bond acceptors (Lipinski definition) is 4. The highest BCUT2D eigenvalue weighted by Crippen LogP contribution is 2.27. The zero-order valence-electron chi connectivity index (χ0n) is 11.0. The van der Waals surface area contributed by atoms with Gasteiger partial charge >= 0.3 is 0 Å². The standard InChI is InChI=1S/C14H14N4O2/c1-17-7-5-9(16-17)6-8-18-13(19)10-3-2-4-11(15)12(10)14(18)20/h2-5,7H,6,8,15H2,1H3. The van der Waals surface area contributed by atoms with Crippen LogP contribution in [0.1, 0.15) is 26.4 Å². The number of benzene rings is 1. The van der Waals surface area contributed by atoms with Crippen molar-refractivity contribution in [3.05, 3.63) is 47.3 Å². The molecular weight excluding hydrogens is 256 g/mol. The molecule has 20 heavy (non-hydrogen) atoms. The summed E-state index contributed by atoms with van der Waals surface area (Å²) in [5.74, 6) is -0.604. The van der Waals surface area contributed by atoms with Crippen LogP contribution in [-0.2, 0) is 13.5 Å². The summed E-state index contributed by atoms with van der Waals surface area (Å²) in [5.41, 5.74) is 7.68. The van der Waals surface area contributed by atoms with Crippen molar-refractivity contribution in [3.63, 3.8) is 0 Å². The van der Waals surface area contributed by atoms with Gasteiger partial charge in [0.15, 0.2) is 0 Å². The van der Waals surface area contributed by atoms with E-state index in [0.717, 1.165) is 5.69 Å². The first-order valence-corrected chi connectivity index (χ1v) is 6.31. The number of aromatic nitrogens is 2. The molecule has 2 amide bonds. The summed E-state index contributed by atoms with van der Waals surface area (Å²) in [4.78, 5) is 25.7. The lowest BCUT2D eigenvalue weighted by atomic mass is 10.1. The minimum Gasteiger partial charge on any atom is -0.398 e. The third-order valence-corrected chi connectivity index (χ3v) is 3.39. The summed E-state index contributed by atoms with van der Waals surface area (Å²) in [7, 11) is 1.83. The quantitative estimate of drug-likeness (QED) is 0.662. The van der Waals surface area contributed by atoms with Crippen molar-refractivity contribution in [2.24, 2.45) is 7.05 Å². The molecule has 2 N–H and O–H groups in total. The number of imide groups is 1. The number of nitrogens with two attached hydrogens (primary N) is 1. The fourth-order valence-corrected chi connectivity index (χ4v) is 2.39. The van der Waals surface area contributed by atoms with E-state index >= 15 is 0 Å². The lowest BCUT2D eigenvalue weighted by molar-refractivity contribution is 0.0656. The average Bonchev–Trinajstić information content (AvgIpc) is 2.93. The first kappa shape index (κ1) is 12.4. The molecule has 6 nitrogen and oxygen atoms in total. The van der Waals surface area contributed by atoms with Gasteiger partial charge in [0, 0.05) is 31.9 Å². The van der Waals surface area contributed by atoms with Gasteiger partial charge in [0.1, 0.15) is 0 Å². The zero-order chi connectivity index (χ0) is 14.3. The van der Waals surface area contributed by atoms with Crippen molar-refractivity contribution in [1.82, 2.24) is 14.7 Å². The molecule has 0 fully saturated rings. The summed E-state index contributed by atoms with van der Waals surface area (Å²) in [5, 5.41) is 4.23. The molecule has 1 aromatic carbocycles. The number of rotatable bonds is 3. The van der Waals surface area contributed by atoms with Crippen LogP contribution < -0.4 is 5.73 Å². The van der Waals surface area contributed by atoms with Crippen LogP contribution in [0.25, 0.3) is 0 Å². The van der Waals surface area contributed by atoms with E-state index in [1.54, 1.807) is 22.9 Å². The molecular formula is C14H14N4O2. The van der Waals surface area contributed by atoms with Crippen molar-refractivity contribution < 1.29 is 9.59 Å². The number of nitrogen functional groups attached to an aromatic ring is 1. The Morgan fingerprint density at radius 1 is 1.20 bits per heavy atom. The predicted octanol–water partition coefficient (Wildman–Crippen LogP) is 0.841. The average molecular weight is 270 g/mol. The molecule has 102 valence electrons. The van der Waals surface area contributed by atoms with E-state index in [9.17, 15) is 9.59 Å². The Morgan fingerprint density at radius 3 is 2.65 bits per heavy atom. The van der Waals surface area contributed by atoms with E-state index in [-0.39, 0.29) is 11.8 Å². The SMILES string of the molecule is Cn1ccc(CCN2C(=O)c3cccc(N)c3C2=O)n1. The number of nitrogens with zero attached hydrogens (tertiary/aromatic N) is 3. The van der Waals surface area contributed by atoms with Crippen molar-refractivity contribution in [2.75, 3.05) is 12.3 Å². The predicted molar refractivity (Wildman–Crippen MR) is 73.1 cm³/mol. The second kappa shape index (κ2) is 4.48. The maximum absolute atomic E-state index is 12.3. The minimum absolute atomic E-state index is 0.284. The molecule has 0 aliphatic carbocycles. The summed E-state index contributed by atoms with van der Waals surface area (Å²) >= 11 is 0. The van der Waals surface area contributed by atoms with Gasteiger partial charge in [-0.15, -0.1) is 0 Å². The second-order valence-electron chi connectivity index (χ2n) is 4.76. The van der Waals surface area contributed by atoms with Crippen LogP contribution in [0, 0.1) is 0 Å².